The Bertz CT molecular complexity index is 567. The van der Waals surface area contributed by atoms with Crippen molar-refractivity contribution in [1.82, 2.24) is 10.2 Å². The standard InChI is InChI=1S/C19H27FN2O2/c1-19(2)13-24-17(14-8-10-15(20)11-9-14)12-22(19)18(23)21-16-6-4-3-5-7-16/h8-11,16-17H,3-7,12-13H2,1-2H3,(H,21,23). The van der Waals surface area contributed by atoms with Gasteiger partial charge in [-0.05, 0) is 44.4 Å². The van der Waals surface area contributed by atoms with Gasteiger partial charge in [-0.25, -0.2) is 9.18 Å². The van der Waals surface area contributed by atoms with Crippen LogP contribution in [0, 0.1) is 5.82 Å². The molecule has 1 aromatic rings. The molecule has 1 heterocycles. The molecule has 2 aliphatic rings. The van der Waals surface area contributed by atoms with E-state index < -0.39 is 0 Å². The molecule has 1 unspecified atom stereocenters. The van der Waals surface area contributed by atoms with Gasteiger partial charge in [0, 0.05) is 6.04 Å². The molecule has 1 aromatic carbocycles. The first-order valence-corrected chi connectivity index (χ1v) is 8.91. The highest BCUT2D eigenvalue weighted by Crippen LogP contribution is 2.30. The van der Waals surface area contributed by atoms with Gasteiger partial charge in [0.15, 0.2) is 0 Å². The number of morpholine rings is 1. The van der Waals surface area contributed by atoms with Crippen molar-refractivity contribution in [1.29, 1.82) is 0 Å². The highest BCUT2D eigenvalue weighted by Gasteiger charge is 2.39. The van der Waals surface area contributed by atoms with Gasteiger partial charge in [-0.1, -0.05) is 31.4 Å². The lowest BCUT2D eigenvalue weighted by Gasteiger charge is -2.46. The zero-order chi connectivity index (χ0) is 17.2. The summed E-state index contributed by atoms with van der Waals surface area (Å²) < 4.78 is 19.1. The number of carbonyl (C=O) groups is 1. The zero-order valence-electron chi connectivity index (χ0n) is 14.6. The van der Waals surface area contributed by atoms with E-state index in [0.29, 0.717) is 13.2 Å². The zero-order valence-corrected chi connectivity index (χ0v) is 14.6. The second-order valence-electron chi connectivity index (χ2n) is 7.56. The molecule has 1 N–H and O–H groups in total. The van der Waals surface area contributed by atoms with E-state index in [9.17, 15) is 9.18 Å². The Kier molecular flexibility index (Phi) is 5.09. The van der Waals surface area contributed by atoms with Crippen molar-refractivity contribution in [2.75, 3.05) is 13.2 Å². The van der Waals surface area contributed by atoms with E-state index in [4.69, 9.17) is 4.74 Å². The van der Waals surface area contributed by atoms with Crippen LogP contribution in [0.5, 0.6) is 0 Å². The number of urea groups is 1. The molecule has 2 fully saturated rings. The van der Waals surface area contributed by atoms with Gasteiger partial charge >= 0.3 is 6.03 Å². The summed E-state index contributed by atoms with van der Waals surface area (Å²) in [6, 6.07) is 6.61. The third-order valence-corrected chi connectivity index (χ3v) is 5.14. The van der Waals surface area contributed by atoms with Crippen molar-refractivity contribution in [3.63, 3.8) is 0 Å². The quantitative estimate of drug-likeness (QED) is 0.887. The topological polar surface area (TPSA) is 41.6 Å². The van der Waals surface area contributed by atoms with Crippen molar-refractivity contribution in [3.8, 4) is 0 Å². The Morgan fingerprint density at radius 3 is 2.54 bits per heavy atom. The summed E-state index contributed by atoms with van der Waals surface area (Å²) in [4.78, 5) is 14.7. The van der Waals surface area contributed by atoms with E-state index in [1.165, 1.54) is 31.4 Å². The molecule has 4 nitrogen and oxygen atoms in total. The van der Waals surface area contributed by atoms with Crippen LogP contribution in [0.25, 0.3) is 0 Å². The van der Waals surface area contributed by atoms with Crippen LogP contribution in [0.4, 0.5) is 9.18 Å². The van der Waals surface area contributed by atoms with Crippen molar-refractivity contribution >= 4 is 6.03 Å². The molecule has 0 radical (unpaired) electrons. The van der Waals surface area contributed by atoms with E-state index >= 15 is 0 Å². The number of ether oxygens (including phenoxy) is 1. The number of hydrogen-bond acceptors (Lipinski definition) is 2. The van der Waals surface area contributed by atoms with Crippen LogP contribution >= 0.6 is 0 Å². The summed E-state index contributed by atoms with van der Waals surface area (Å²) in [6.07, 6.45) is 5.57. The highest BCUT2D eigenvalue weighted by molar-refractivity contribution is 5.75. The van der Waals surface area contributed by atoms with E-state index in [1.54, 1.807) is 12.1 Å². The summed E-state index contributed by atoms with van der Waals surface area (Å²) >= 11 is 0. The second-order valence-corrected chi connectivity index (χ2v) is 7.56. The molecule has 1 aliphatic heterocycles. The summed E-state index contributed by atoms with van der Waals surface area (Å²) in [5.74, 6) is -0.262. The molecule has 0 spiro atoms. The number of rotatable bonds is 2. The molecule has 0 bridgehead atoms. The number of carbonyl (C=O) groups excluding carboxylic acids is 1. The van der Waals surface area contributed by atoms with Crippen molar-refractivity contribution < 1.29 is 13.9 Å². The van der Waals surface area contributed by atoms with Crippen molar-refractivity contribution in [2.24, 2.45) is 0 Å². The highest BCUT2D eigenvalue weighted by atomic mass is 19.1. The Labute approximate surface area is 143 Å². The Morgan fingerprint density at radius 2 is 1.88 bits per heavy atom. The van der Waals surface area contributed by atoms with Gasteiger partial charge in [0.25, 0.3) is 0 Å². The molecule has 1 aliphatic carbocycles. The average molecular weight is 334 g/mol. The van der Waals surface area contributed by atoms with Gasteiger partial charge in [-0.2, -0.15) is 0 Å². The first-order chi connectivity index (χ1) is 11.5. The summed E-state index contributed by atoms with van der Waals surface area (Å²) in [5, 5.41) is 3.20. The Hall–Kier alpha value is -1.62. The number of hydrogen-bond donors (Lipinski definition) is 1. The van der Waals surface area contributed by atoms with Crippen LogP contribution < -0.4 is 5.32 Å². The lowest BCUT2D eigenvalue weighted by atomic mass is 9.95. The second kappa shape index (κ2) is 7.09. The Morgan fingerprint density at radius 1 is 1.21 bits per heavy atom. The smallest absolute Gasteiger partial charge is 0.318 e. The van der Waals surface area contributed by atoms with Gasteiger partial charge in [-0.15, -0.1) is 0 Å². The number of nitrogens with zero attached hydrogens (tertiary/aromatic N) is 1. The van der Waals surface area contributed by atoms with E-state index in [0.717, 1.165) is 18.4 Å². The molecule has 1 saturated heterocycles. The summed E-state index contributed by atoms with van der Waals surface area (Å²) in [5.41, 5.74) is 0.553. The SMILES string of the molecule is CC1(C)COC(c2ccc(F)cc2)CN1C(=O)NC1CCCCC1. The summed E-state index contributed by atoms with van der Waals surface area (Å²) in [6.45, 7) is 4.99. The third-order valence-electron chi connectivity index (χ3n) is 5.14. The van der Waals surface area contributed by atoms with Crippen LogP contribution in [0.1, 0.15) is 57.6 Å². The number of nitrogens with one attached hydrogen (secondary N) is 1. The fraction of sp³-hybridized carbons (Fsp3) is 0.632. The minimum Gasteiger partial charge on any atom is -0.369 e. The monoisotopic (exact) mass is 334 g/mol. The van der Waals surface area contributed by atoms with Gasteiger partial charge < -0.3 is 15.0 Å². The van der Waals surface area contributed by atoms with Gasteiger partial charge in [0.1, 0.15) is 11.9 Å². The van der Waals surface area contributed by atoms with Crippen LogP contribution in [0.2, 0.25) is 0 Å². The van der Waals surface area contributed by atoms with E-state index in [1.807, 2.05) is 18.7 Å². The fourth-order valence-electron chi connectivity index (χ4n) is 3.58. The molecule has 0 aromatic heterocycles. The Balaban J connectivity index is 1.68. The molecule has 1 atom stereocenters. The minimum atomic E-state index is -0.352. The van der Waals surface area contributed by atoms with Gasteiger partial charge in [-0.3, -0.25) is 0 Å². The molecule has 132 valence electrons. The molecular formula is C19H27FN2O2. The molecular weight excluding hydrogens is 307 g/mol. The summed E-state index contributed by atoms with van der Waals surface area (Å²) in [7, 11) is 0. The maximum Gasteiger partial charge on any atom is 0.318 e. The number of benzene rings is 1. The van der Waals surface area contributed by atoms with Crippen LogP contribution in [0.3, 0.4) is 0 Å². The maximum atomic E-state index is 13.1. The van der Waals surface area contributed by atoms with Crippen LogP contribution in [-0.2, 0) is 4.74 Å². The van der Waals surface area contributed by atoms with E-state index in [2.05, 4.69) is 5.32 Å². The lowest BCUT2D eigenvalue weighted by molar-refractivity contribution is -0.0808. The average Bonchev–Trinajstić information content (AvgIpc) is 2.56. The predicted molar refractivity (Wildman–Crippen MR) is 91.3 cm³/mol. The number of amides is 2. The molecule has 24 heavy (non-hydrogen) atoms. The van der Waals surface area contributed by atoms with Crippen molar-refractivity contribution in [2.45, 2.75) is 63.6 Å². The fourth-order valence-corrected chi connectivity index (χ4v) is 3.58. The van der Waals surface area contributed by atoms with Crippen LogP contribution in [0.15, 0.2) is 24.3 Å². The largest absolute Gasteiger partial charge is 0.369 e. The number of halogens is 1. The first-order valence-electron chi connectivity index (χ1n) is 8.91. The minimum absolute atomic E-state index is 0.0117. The van der Waals surface area contributed by atoms with Crippen LogP contribution in [-0.4, -0.2) is 35.7 Å². The predicted octanol–water partition coefficient (Wildman–Crippen LogP) is 4.02. The van der Waals surface area contributed by atoms with E-state index in [-0.39, 0.29) is 29.5 Å². The molecule has 3 rings (SSSR count). The molecule has 2 amide bonds. The third kappa shape index (κ3) is 3.89. The van der Waals surface area contributed by atoms with Crippen molar-refractivity contribution in [3.05, 3.63) is 35.6 Å². The first kappa shape index (κ1) is 17.2. The van der Waals surface area contributed by atoms with Gasteiger partial charge in [0.2, 0.25) is 0 Å². The van der Waals surface area contributed by atoms with Gasteiger partial charge in [0.05, 0.1) is 18.7 Å². The molecule has 5 heteroatoms. The normalized spacial score (nSPS) is 24.6. The maximum absolute atomic E-state index is 13.1. The lowest BCUT2D eigenvalue weighted by Crippen LogP contribution is -2.60. The molecule has 1 saturated carbocycles.